The fourth-order valence-corrected chi connectivity index (χ4v) is 1.23. The van der Waals surface area contributed by atoms with Crippen molar-refractivity contribution in [3.05, 3.63) is 23.8 Å². The topological polar surface area (TPSA) is 66.6 Å². The zero-order valence-electron chi connectivity index (χ0n) is 8.65. The summed E-state index contributed by atoms with van der Waals surface area (Å²) in [5.74, 6) is -0.781. The Kier molecular flexibility index (Phi) is 3.65. The Balaban J connectivity index is 2.91. The molecule has 0 saturated heterocycles. The minimum atomic E-state index is -2.60. The second-order valence-electron chi connectivity index (χ2n) is 3.35. The van der Waals surface area contributed by atoms with E-state index in [-0.39, 0.29) is 17.0 Å². The summed E-state index contributed by atoms with van der Waals surface area (Å²) in [7, 11) is 1.25. The van der Waals surface area contributed by atoms with Crippen molar-refractivity contribution in [1.29, 1.82) is 0 Å². The molecule has 1 rings (SSSR count). The van der Waals surface area contributed by atoms with Gasteiger partial charge in [0.1, 0.15) is 5.75 Å². The Morgan fingerprint density at radius 3 is 2.75 bits per heavy atom. The fourth-order valence-electron chi connectivity index (χ4n) is 1.23. The maximum absolute atomic E-state index is 12.1. The molecule has 88 valence electrons. The average Bonchev–Trinajstić information content (AvgIpc) is 2.19. The normalized spacial score (nSPS) is 10.5. The molecule has 0 aromatic heterocycles. The van der Waals surface area contributed by atoms with E-state index in [4.69, 9.17) is 5.73 Å². The lowest BCUT2D eigenvalue weighted by Crippen LogP contribution is -2.31. The summed E-state index contributed by atoms with van der Waals surface area (Å²) < 4.78 is 24.1. The molecule has 0 aliphatic carbocycles. The van der Waals surface area contributed by atoms with E-state index in [1.807, 2.05) is 0 Å². The molecular weight excluding hydrogens is 218 g/mol. The first-order valence-electron chi connectivity index (χ1n) is 4.54. The highest BCUT2D eigenvalue weighted by atomic mass is 19.3. The predicted octanol–water partition coefficient (Wildman–Crippen LogP) is 1.31. The number of alkyl halides is 2. The van der Waals surface area contributed by atoms with Gasteiger partial charge in [-0.1, -0.05) is 0 Å². The van der Waals surface area contributed by atoms with Crippen molar-refractivity contribution in [3.8, 4) is 5.75 Å². The number of nitrogen functional groups attached to an aromatic ring is 1. The number of rotatable bonds is 3. The number of nitrogens with zero attached hydrogens (tertiary/aromatic N) is 1. The van der Waals surface area contributed by atoms with Crippen LogP contribution in [0, 0.1) is 0 Å². The van der Waals surface area contributed by atoms with Gasteiger partial charge in [0.2, 0.25) is 0 Å². The Morgan fingerprint density at radius 1 is 1.56 bits per heavy atom. The van der Waals surface area contributed by atoms with E-state index < -0.39 is 18.9 Å². The van der Waals surface area contributed by atoms with Gasteiger partial charge in [0, 0.05) is 12.7 Å². The zero-order chi connectivity index (χ0) is 12.3. The summed E-state index contributed by atoms with van der Waals surface area (Å²) in [6.07, 6.45) is -2.60. The molecule has 0 saturated carbocycles. The van der Waals surface area contributed by atoms with E-state index in [0.717, 1.165) is 11.0 Å². The molecule has 3 N–H and O–H groups in total. The first kappa shape index (κ1) is 12.2. The number of phenols is 1. The van der Waals surface area contributed by atoms with Crippen LogP contribution in [0.1, 0.15) is 10.4 Å². The van der Waals surface area contributed by atoms with E-state index in [1.54, 1.807) is 0 Å². The van der Waals surface area contributed by atoms with Gasteiger partial charge in [-0.2, -0.15) is 0 Å². The second kappa shape index (κ2) is 4.78. The number of anilines is 1. The van der Waals surface area contributed by atoms with Crippen molar-refractivity contribution in [2.45, 2.75) is 6.43 Å². The van der Waals surface area contributed by atoms with Crippen molar-refractivity contribution < 1.29 is 18.7 Å². The van der Waals surface area contributed by atoms with E-state index >= 15 is 0 Å². The number of aromatic hydroxyl groups is 1. The van der Waals surface area contributed by atoms with Gasteiger partial charge in [-0.3, -0.25) is 4.79 Å². The average molecular weight is 230 g/mol. The van der Waals surface area contributed by atoms with Crippen molar-refractivity contribution in [2.24, 2.45) is 0 Å². The highest BCUT2D eigenvalue weighted by Crippen LogP contribution is 2.20. The van der Waals surface area contributed by atoms with Crippen LogP contribution in [0.4, 0.5) is 14.5 Å². The number of phenolic OH excluding ortho intramolecular Hbond substituents is 1. The van der Waals surface area contributed by atoms with Gasteiger partial charge >= 0.3 is 0 Å². The zero-order valence-corrected chi connectivity index (χ0v) is 8.65. The number of hydrogen-bond acceptors (Lipinski definition) is 3. The van der Waals surface area contributed by atoms with Crippen molar-refractivity contribution in [2.75, 3.05) is 19.3 Å². The predicted molar refractivity (Wildman–Crippen MR) is 55.5 cm³/mol. The highest BCUT2D eigenvalue weighted by molar-refractivity contribution is 5.99. The molecule has 0 unspecified atom stereocenters. The molecule has 0 heterocycles. The molecule has 0 aliphatic heterocycles. The van der Waals surface area contributed by atoms with E-state index in [1.165, 1.54) is 19.2 Å². The number of halogens is 2. The smallest absolute Gasteiger partial charge is 0.256 e. The molecule has 1 aromatic rings. The number of hydrogen-bond donors (Lipinski definition) is 2. The van der Waals surface area contributed by atoms with Crippen molar-refractivity contribution >= 4 is 11.6 Å². The number of carbonyl (C=O) groups is 1. The summed E-state index contributed by atoms with van der Waals surface area (Å²) >= 11 is 0. The second-order valence-corrected chi connectivity index (χ2v) is 3.35. The molecule has 4 nitrogen and oxygen atoms in total. The lowest BCUT2D eigenvalue weighted by Gasteiger charge is -2.17. The molecule has 0 aliphatic rings. The van der Waals surface area contributed by atoms with E-state index in [0.29, 0.717) is 0 Å². The van der Waals surface area contributed by atoms with Gasteiger partial charge in [-0.25, -0.2) is 8.78 Å². The number of amides is 1. The third-order valence-electron chi connectivity index (χ3n) is 2.03. The molecule has 6 heteroatoms. The lowest BCUT2D eigenvalue weighted by atomic mass is 10.1. The standard InChI is InChI=1S/C10H12F2N2O2/c1-14(5-9(11)12)10(16)7-4-6(15)2-3-8(7)13/h2-4,9,15H,5,13H2,1H3. The first-order valence-corrected chi connectivity index (χ1v) is 4.54. The molecule has 16 heavy (non-hydrogen) atoms. The Morgan fingerprint density at radius 2 is 2.19 bits per heavy atom. The van der Waals surface area contributed by atoms with Gasteiger partial charge in [0.15, 0.2) is 0 Å². The quantitative estimate of drug-likeness (QED) is 0.607. The Bertz CT molecular complexity index is 396. The molecule has 0 bridgehead atoms. The molecular formula is C10H12F2N2O2. The minimum Gasteiger partial charge on any atom is -0.508 e. The monoisotopic (exact) mass is 230 g/mol. The Hall–Kier alpha value is -1.85. The van der Waals surface area contributed by atoms with Crippen LogP contribution >= 0.6 is 0 Å². The van der Waals surface area contributed by atoms with Gasteiger partial charge in [0.25, 0.3) is 12.3 Å². The summed E-state index contributed by atoms with van der Waals surface area (Å²) in [4.78, 5) is 12.5. The maximum atomic E-state index is 12.1. The maximum Gasteiger partial charge on any atom is 0.256 e. The third kappa shape index (κ3) is 2.82. The first-order chi connectivity index (χ1) is 7.41. The Labute approximate surface area is 91.3 Å². The van der Waals surface area contributed by atoms with Crippen LogP contribution in [0.15, 0.2) is 18.2 Å². The molecule has 0 radical (unpaired) electrons. The van der Waals surface area contributed by atoms with E-state index in [2.05, 4.69) is 0 Å². The molecule has 1 amide bonds. The van der Waals surface area contributed by atoms with Crippen LogP contribution < -0.4 is 5.73 Å². The lowest BCUT2D eigenvalue weighted by molar-refractivity contribution is 0.0621. The summed E-state index contributed by atoms with van der Waals surface area (Å²) in [6.45, 7) is -0.673. The molecule has 0 spiro atoms. The SMILES string of the molecule is CN(CC(F)F)C(=O)c1cc(O)ccc1N. The number of carbonyl (C=O) groups excluding carboxylic acids is 1. The molecule has 0 fully saturated rings. The van der Waals surface area contributed by atoms with Gasteiger partial charge < -0.3 is 15.7 Å². The number of nitrogens with two attached hydrogens (primary N) is 1. The molecule has 0 atom stereocenters. The number of benzene rings is 1. The summed E-state index contributed by atoms with van der Waals surface area (Å²) in [6, 6.07) is 3.82. The molecule has 1 aromatic carbocycles. The van der Waals surface area contributed by atoms with Crippen LogP contribution in [-0.2, 0) is 0 Å². The van der Waals surface area contributed by atoms with Crippen LogP contribution in [0.2, 0.25) is 0 Å². The van der Waals surface area contributed by atoms with Gasteiger partial charge in [-0.05, 0) is 18.2 Å². The van der Waals surface area contributed by atoms with Crippen molar-refractivity contribution in [1.82, 2.24) is 4.90 Å². The van der Waals surface area contributed by atoms with Crippen molar-refractivity contribution in [3.63, 3.8) is 0 Å². The summed E-state index contributed by atoms with van der Waals surface area (Å²) in [5, 5.41) is 9.18. The van der Waals surface area contributed by atoms with Crippen LogP contribution in [-0.4, -0.2) is 35.9 Å². The van der Waals surface area contributed by atoms with Gasteiger partial charge in [0.05, 0.1) is 12.1 Å². The third-order valence-corrected chi connectivity index (χ3v) is 2.03. The largest absolute Gasteiger partial charge is 0.508 e. The fraction of sp³-hybridized carbons (Fsp3) is 0.300. The van der Waals surface area contributed by atoms with Crippen LogP contribution in [0.3, 0.4) is 0 Å². The summed E-state index contributed by atoms with van der Waals surface area (Å²) in [5.41, 5.74) is 5.67. The van der Waals surface area contributed by atoms with E-state index in [9.17, 15) is 18.7 Å². The minimum absolute atomic E-state index is 0.0168. The van der Waals surface area contributed by atoms with Crippen LogP contribution in [0.25, 0.3) is 0 Å². The van der Waals surface area contributed by atoms with Gasteiger partial charge in [-0.15, -0.1) is 0 Å². The van der Waals surface area contributed by atoms with Crippen LogP contribution in [0.5, 0.6) is 5.75 Å². The highest BCUT2D eigenvalue weighted by Gasteiger charge is 2.18.